The van der Waals surface area contributed by atoms with Crippen molar-refractivity contribution < 1.29 is 0 Å². The first-order valence-electron chi connectivity index (χ1n) is 11.5. The number of aryl methyl sites for hydroxylation is 2. The van der Waals surface area contributed by atoms with Gasteiger partial charge in [-0.3, -0.25) is 10.8 Å². The number of hydrogen-bond acceptors (Lipinski definition) is 4. The highest BCUT2D eigenvalue weighted by Gasteiger charge is 2.10. The molecule has 188 valence electrons. The second-order valence-electron chi connectivity index (χ2n) is 7.45. The molecule has 0 heterocycles. The molecule has 0 fully saturated rings. The average molecular weight is 483 g/mol. The Labute approximate surface area is 213 Å². The summed E-state index contributed by atoms with van der Waals surface area (Å²) in [5.41, 5.74) is 23.1. The van der Waals surface area contributed by atoms with Gasteiger partial charge in [-0.2, -0.15) is 0 Å². The lowest BCUT2D eigenvalue weighted by molar-refractivity contribution is 1.48. The van der Waals surface area contributed by atoms with Crippen molar-refractivity contribution in [2.24, 2.45) is 22.9 Å². The molecule has 0 spiro atoms. The van der Waals surface area contributed by atoms with Gasteiger partial charge in [-0.25, -0.2) is 0 Å². The first kappa shape index (κ1) is 29.8. The monoisotopic (exact) mass is 482 g/mol. The van der Waals surface area contributed by atoms with Crippen molar-refractivity contribution in [2.45, 2.75) is 13.8 Å². The molecule has 5 aromatic rings. The summed E-state index contributed by atoms with van der Waals surface area (Å²) in [5.74, 6) is 0. The van der Waals surface area contributed by atoms with Gasteiger partial charge < -0.3 is 22.9 Å². The Balaban J connectivity index is 0.000000572. The number of nitrogens with two attached hydrogens (primary N) is 4. The van der Waals surface area contributed by atoms with Crippen LogP contribution in [0.5, 0.6) is 0 Å². The Morgan fingerprint density at radius 3 is 1.44 bits per heavy atom. The molecule has 0 radical (unpaired) electrons. The van der Waals surface area contributed by atoms with Gasteiger partial charge in [0.05, 0.1) is 12.7 Å². The fourth-order valence-corrected chi connectivity index (χ4v) is 4.16. The first-order chi connectivity index (χ1) is 17.5. The van der Waals surface area contributed by atoms with E-state index < -0.39 is 0 Å². The third kappa shape index (κ3) is 6.88. The Kier molecular flexibility index (Phi) is 12.9. The van der Waals surface area contributed by atoms with Crippen LogP contribution in [0.4, 0.5) is 0 Å². The minimum Gasteiger partial charge on any atom is -0.390 e. The van der Waals surface area contributed by atoms with E-state index in [-0.39, 0.29) is 0 Å². The van der Waals surface area contributed by atoms with E-state index in [1.54, 1.807) is 0 Å². The number of fused-ring (bicyclic) bond motifs is 3. The molecule has 5 rings (SSSR count). The van der Waals surface area contributed by atoms with Crippen molar-refractivity contribution in [3.63, 3.8) is 0 Å². The fraction of sp³-hybridized carbons (Fsp3) is 0.133. The number of benzene rings is 5. The molecular formula is C30H38N6. The Morgan fingerprint density at radius 1 is 0.500 bits per heavy atom. The van der Waals surface area contributed by atoms with E-state index in [4.69, 9.17) is 10.8 Å². The number of hydrogen-bond donors (Lipinski definition) is 6. The highest BCUT2D eigenvalue weighted by atomic mass is 14.6. The van der Waals surface area contributed by atoms with Crippen LogP contribution in [0.3, 0.4) is 0 Å². The fourth-order valence-electron chi connectivity index (χ4n) is 4.16. The molecule has 36 heavy (non-hydrogen) atoms. The summed E-state index contributed by atoms with van der Waals surface area (Å²) >= 11 is 0. The lowest BCUT2D eigenvalue weighted by Crippen LogP contribution is -1.89. The van der Waals surface area contributed by atoms with Crippen molar-refractivity contribution in [3.8, 4) is 11.1 Å². The molecule has 0 aliphatic heterocycles. The van der Waals surface area contributed by atoms with Crippen LogP contribution in [0.15, 0.2) is 84.9 Å². The highest BCUT2D eigenvalue weighted by molar-refractivity contribution is 6.06. The quantitative estimate of drug-likeness (QED) is 0.103. The van der Waals surface area contributed by atoms with Crippen LogP contribution in [0, 0.1) is 24.7 Å². The minimum atomic E-state index is 0.750. The molecule has 0 aliphatic carbocycles. The second kappa shape index (κ2) is 15.6. The van der Waals surface area contributed by atoms with Gasteiger partial charge in [0, 0.05) is 0 Å². The van der Waals surface area contributed by atoms with Gasteiger partial charge in [0.25, 0.3) is 0 Å². The smallest absolute Gasteiger partial charge is 0.0765 e. The van der Waals surface area contributed by atoms with Crippen molar-refractivity contribution in [2.75, 3.05) is 14.1 Å². The van der Waals surface area contributed by atoms with Gasteiger partial charge in [0.2, 0.25) is 0 Å². The van der Waals surface area contributed by atoms with Crippen LogP contribution in [0.25, 0.3) is 43.4 Å². The van der Waals surface area contributed by atoms with Crippen LogP contribution in [0.1, 0.15) is 11.1 Å². The zero-order valence-corrected chi connectivity index (χ0v) is 21.5. The Morgan fingerprint density at radius 2 is 0.889 bits per heavy atom. The van der Waals surface area contributed by atoms with Gasteiger partial charge in [-0.05, 0) is 94.6 Å². The summed E-state index contributed by atoms with van der Waals surface area (Å²) in [6.07, 6.45) is 1.50. The summed E-state index contributed by atoms with van der Waals surface area (Å²) in [7, 11) is 3.00. The van der Waals surface area contributed by atoms with Crippen LogP contribution < -0.4 is 22.9 Å². The molecule has 5 aromatic carbocycles. The van der Waals surface area contributed by atoms with E-state index in [0.29, 0.717) is 0 Å². The van der Waals surface area contributed by atoms with Gasteiger partial charge in [-0.15, -0.1) is 0 Å². The minimum absolute atomic E-state index is 0.750. The maximum absolute atomic E-state index is 5.86. The van der Waals surface area contributed by atoms with Crippen LogP contribution >= 0.6 is 0 Å². The lowest BCUT2D eigenvalue weighted by Gasteiger charge is -2.13. The molecule has 6 heteroatoms. The first-order valence-corrected chi connectivity index (χ1v) is 11.5. The molecule has 6 nitrogen and oxygen atoms in total. The highest BCUT2D eigenvalue weighted by Crippen LogP contribution is 2.35. The summed E-state index contributed by atoms with van der Waals surface area (Å²) in [4.78, 5) is 0. The third-order valence-electron chi connectivity index (χ3n) is 5.65. The second-order valence-corrected chi connectivity index (χ2v) is 7.45. The van der Waals surface area contributed by atoms with E-state index >= 15 is 0 Å². The topological polar surface area (TPSA) is 152 Å². The van der Waals surface area contributed by atoms with E-state index in [0.717, 1.165) is 12.7 Å². The SMILES string of the molecule is CN.CN.Cc1c2ccccc2c(C)c2cc(-c3ccc4ccccc4c3)ccc12.N=CN.N=CN. The third-order valence-corrected chi connectivity index (χ3v) is 5.65. The maximum Gasteiger partial charge on any atom is 0.0765 e. The molecular weight excluding hydrogens is 444 g/mol. The molecule has 0 saturated carbocycles. The summed E-state index contributed by atoms with van der Waals surface area (Å²) in [6.45, 7) is 4.48. The molecule has 10 N–H and O–H groups in total. The zero-order valence-electron chi connectivity index (χ0n) is 21.5. The number of nitrogens with one attached hydrogen (secondary N) is 2. The van der Waals surface area contributed by atoms with Crippen molar-refractivity contribution in [1.29, 1.82) is 10.8 Å². The average Bonchev–Trinajstić information content (AvgIpc) is 2.94. The van der Waals surface area contributed by atoms with Gasteiger partial charge >= 0.3 is 0 Å². The van der Waals surface area contributed by atoms with Gasteiger partial charge in [0.15, 0.2) is 0 Å². The number of rotatable bonds is 1. The summed E-state index contributed by atoms with van der Waals surface area (Å²) in [6, 6.07) is 30.9. The molecule has 0 amide bonds. The van der Waals surface area contributed by atoms with Crippen molar-refractivity contribution >= 4 is 45.0 Å². The standard InChI is InChI=1S/C26H20.2CH4N2.2CH5N/c1-17-23-9-5-6-10-24(23)18(2)26-16-22(13-14-25(17)26)21-12-11-19-7-3-4-8-20(19)15-21;2*2-1-3;2*1-2/h3-16H,1-2H3;2*1H,(H3,2,3);2*2H2,1H3. The van der Waals surface area contributed by atoms with E-state index in [2.05, 4.69) is 122 Å². The van der Waals surface area contributed by atoms with Crippen LogP contribution in [0.2, 0.25) is 0 Å². The Hall–Kier alpha value is -4.26. The summed E-state index contributed by atoms with van der Waals surface area (Å²) < 4.78 is 0. The van der Waals surface area contributed by atoms with E-state index in [9.17, 15) is 0 Å². The van der Waals surface area contributed by atoms with Crippen molar-refractivity contribution in [1.82, 2.24) is 0 Å². The predicted molar refractivity (Wildman–Crippen MR) is 160 cm³/mol. The molecule has 0 unspecified atom stereocenters. The van der Waals surface area contributed by atoms with Crippen LogP contribution in [-0.4, -0.2) is 26.8 Å². The van der Waals surface area contributed by atoms with Gasteiger partial charge in [-0.1, -0.05) is 72.8 Å². The predicted octanol–water partition coefficient (Wildman–Crippen LogP) is 5.68. The molecule has 0 aromatic heterocycles. The molecule has 0 saturated heterocycles. The van der Waals surface area contributed by atoms with E-state index in [1.165, 1.54) is 68.7 Å². The maximum atomic E-state index is 5.86. The summed E-state index contributed by atoms with van der Waals surface area (Å²) in [5, 5.41) is 19.7. The van der Waals surface area contributed by atoms with E-state index in [1.807, 2.05) is 0 Å². The molecule has 0 bridgehead atoms. The zero-order chi connectivity index (χ0) is 27.1. The Bertz CT molecular complexity index is 1400. The largest absolute Gasteiger partial charge is 0.390 e. The molecule has 0 atom stereocenters. The van der Waals surface area contributed by atoms with Crippen molar-refractivity contribution in [3.05, 3.63) is 96.1 Å². The van der Waals surface area contributed by atoms with Crippen LogP contribution in [-0.2, 0) is 0 Å². The normalized spacial score (nSPS) is 9.28. The lowest BCUT2D eigenvalue weighted by atomic mass is 9.91. The van der Waals surface area contributed by atoms with Gasteiger partial charge in [0.1, 0.15) is 0 Å². The molecule has 0 aliphatic rings.